The second-order valence-electron chi connectivity index (χ2n) is 4.17. The van der Waals surface area contributed by atoms with Crippen molar-refractivity contribution in [2.24, 2.45) is 0 Å². The zero-order valence-electron chi connectivity index (χ0n) is 11.5. The topological polar surface area (TPSA) is 93.1 Å². The lowest BCUT2D eigenvalue weighted by molar-refractivity contribution is -0.146. The Morgan fingerprint density at radius 1 is 1.19 bits per heavy atom. The first-order valence-electron chi connectivity index (χ1n) is 6.09. The zero-order chi connectivity index (χ0) is 15.8. The molecule has 1 rings (SSSR count). The van der Waals surface area contributed by atoms with Crippen molar-refractivity contribution in [3.05, 3.63) is 42.0 Å². The SMILES string of the molecule is C=C(C)C(=O)OCCOC(=O)C=Cc1ccc(O)c(O)c1. The van der Waals surface area contributed by atoms with Gasteiger partial charge in [0, 0.05) is 11.6 Å². The van der Waals surface area contributed by atoms with Gasteiger partial charge in [0.25, 0.3) is 0 Å². The van der Waals surface area contributed by atoms with Crippen LogP contribution in [0.3, 0.4) is 0 Å². The lowest BCUT2D eigenvalue weighted by Gasteiger charge is -2.04. The summed E-state index contributed by atoms with van der Waals surface area (Å²) in [4.78, 5) is 22.4. The van der Waals surface area contributed by atoms with Gasteiger partial charge in [0.1, 0.15) is 13.2 Å². The molecule has 0 amide bonds. The Balaban J connectivity index is 2.36. The molecule has 1 aromatic rings. The summed E-state index contributed by atoms with van der Waals surface area (Å²) in [7, 11) is 0. The van der Waals surface area contributed by atoms with Crippen molar-refractivity contribution in [2.75, 3.05) is 13.2 Å². The largest absolute Gasteiger partial charge is 0.504 e. The number of hydrogen-bond acceptors (Lipinski definition) is 6. The Labute approximate surface area is 121 Å². The van der Waals surface area contributed by atoms with Gasteiger partial charge < -0.3 is 19.7 Å². The number of phenols is 2. The molecule has 0 unspecified atom stereocenters. The van der Waals surface area contributed by atoms with Crippen LogP contribution in [0.15, 0.2) is 36.4 Å². The van der Waals surface area contributed by atoms with Crippen LogP contribution in [-0.2, 0) is 19.1 Å². The average molecular weight is 292 g/mol. The van der Waals surface area contributed by atoms with Gasteiger partial charge >= 0.3 is 11.9 Å². The highest BCUT2D eigenvalue weighted by molar-refractivity contribution is 5.87. The maximum absolute atomic E-state index is 11.4. The van der Waals surface area contributed by atoms with Gasteiger partial charge in [-0.2, -0.15) is 0 Å². The standard InChI is InChI=1S/C15H16O6/c1-10(2)15(19)21-8-7-20-14(18)6-4-11-3-5-12(16)13(17)9-11/h3-6,9,16-17H,1,7-8H2,2H3. The number of phenolic OH excluding ortho intramolecular Hbond substituents is 2. The van der Waals surface area contributed by atoms with Crippen LogP contribution in [0.4, 0.5) is 0 Å². The minimum atomic E-state index is -0.617. The summed E-state index contributed by atoms with van der Waals surface area (Å²) in [5.74, 6) is -1.68. The summed E-state index contributed by atoms with van der Waals surface area (Å²) >= 11 is 0. The minimum absolute atomic E-state index is 0.0503. The maximum atomic E-state index is 11.4. The first-order chi connectivity index (χ1) is 9.90. The molecule has 6 heteroatoms. The van der Waals surface area contributed by atoms with Crippen LogP contribution in [0, 0.1) is 0 Å². The lowest BCUT2D eigenvalue weighted by Crippen LogP contribution is -2.12. The molecular weight excluding hydrogens is 276 g/mol. The summed E-state index contributed by atoms with van der Waals surface area (Å²) in [6, 6.07) is 4.12. The van der Waals surface area contributed by atoms with E-state index in [0.29, 0.717) is 5.56 Å². The van der Waals surface area contributed by atoms with E-state index in [4.69, 9.17) is 14.6 Å². The Morgan fingerprint density at radius 2 is 1.86 bits per heavy atom. The molecular formula is C15H16O6. The number of benzene rings is 1. The van der Waals surface area contributed by atoms with Crippen LogP contribution in [0.1, 0.15) is 12.5 Å². The number of rotatable bonds is 6. The number of esters is 2. The Bertz CT molecular complexity index is 574. The summed E-state index contributed by atoms with van der Waals surface area (Å²) in [6.45, 7) is 4.81. The zero-order valence-corrected chi connectivity index (χ0v) is 11.5. The third-order valence-electron chi connectivity index (χ3n) is 2.32. The number of carbonyl (C=O) groups is 2. The van der Waals surface area contributed by atoms with Crippen molar-refractivity contribution < 1.29 is 29.3 Å². The monoisotopic (exact) mass is 292 g/mol. The van der Waals surface area contributed by atoms with E-state index in [2.05, 4.69) is 6.58 Å². The van der Waals surface area contributed by atoms with Gasteiger partial charge in [0.05, 0.1) is 0 Å². The molecule has 0 fully saturated rings. The number of hydrogen-bond donors (Lipinski definition) is 2. The Hall–Kier alpha value is -2.76. The van der Waals surface area contributed by atoms with Crippen LogP contribution in [-0.4, -0.2) is 35.4 Å². The van der Waals surface area contributed by atoms with Crippen LogP contribution in [0.25, 0.3) is 6.08 Å². The average Bonchev–Trinajstić information content (AvgIpc) is 2.44. The van der Waals surface area contributed by atoms with Gasteiger partial charge in [-0.25, -0.2) is 9.59 Å². The molecule has 0 spiro atoms. The molecule has 0 saturated heterocycles. The van der Waals surface area contributed by atoms with E-state index in [1.54, 1.807) is 0 Å². The first kappa shape index (κ1) is 16.3. The molecule has 112 valence electrons. The number of aromatic hydroxyl groups is 2. The van der Waals surface area contributed by atoms with Crippen LogP contribution >= 0.6 is 0 Å². The molecule has 2 N–H and O–H groups in total. The molecule has 6 nitrogen and oxygen atoms in total. The van der Waals surface area contributed by atoms with Crippen molar-refractivity contribution in [3.63, 3.8) is 0 Å². The first-order valence-corrected chi connectivity index (χ1v) is 6.09. The van der Waals surface area contributed by atoms with E-state index in [-0.39, 0.29) is 30.3 Å². The van der Waals surface area contributed by atoms with E-state index >= 15 is 0 Å². The van der Waals surface area contributed by atoms with Crippen LogP contribution < -0.4 is 0 Å². The summed E-state index contributed by atoms with van der Waals surface area (Å²) in [6.07, 6.45) is 2.58. The van der Waals surface area contributed by atoms with Gasteiger partial charge in [0.15, 0.2) is 11.5 Å². The van der Waals surface area contributed by atoms with Crippen molar-refractivity contribution in [1.82, 2.24) is 0 Å². The molecule has 0 radical (unpaired) electrons. The van der Waals surface area contributed by atoms with Crippen molar-refractivity contribution in [3.8, 4) is 11.5 Å². The molecule has 0 aliphatic carbocycles. The highest BCUT2D eigenvalue weighted by Crippen LogP contribution is 2.25. The number of ether oxygens (including phenoxy) is 2. The van der Waals surface area contributed by atoms with Gasteiger partial charge in [-0.3, -0.25) is 0 Å². The fraction of sp³-hybridized carbons (Fsp3) is 0.200. The van der Waals surface area contributed by atoms with E-state index in [9.17, 15) is 14.7 Å². The van der Waals surface area contributed by atoms with Gasteiger partial charge in [0.2, 0.25) is 0 Å². The van der Waals surface area contributed by atoms with Gasteiger partial charge in [-0.1, -0.05) is 12.6 Å². The Kier molecular flexibility index (Phi) is 6.00. The quantitative estimate of drug-likeness (QED) is 0.359. The van der Waals surface area contributed by atoms with E-state index < -0.39 is 11.9 Å². The fourth-order valence-corrected chi connectivity index (χ4v) is 1.26. The number of carbonyl (C=O) groups excluding carboxylic acids is 2. The second-order valence-corrected chi connectivity index (χ2v) is 4.17. The fourth-order valence-electron chi connectivity index (χ4n) is 1.26. The molecule has 0 bridgehead atoms. The van der Waals surface area contributed by atoms with E-state index in [1.807, 2.05) is 0 Å². The molecule has 0 atom stereocenters. The highest BCUT2D eigenvalue weighted by Gasteiger charge is 2.04. The third kappa shape index (κ3) is 5.82. The molecule has 0 aliphatic rings. The highest BCUT2D eigenvalue weighted by atomic mass is 16.6. The normalized spacial score (nSPS) is 10.3. The van der Waals surface area contributed by atoms with Crippen molar-refractivity contribution in [1.29, 1.82) is 0 Å². The lowest BCUT2D eigenvalue weighted by atomic mass is 10.2. The minimum Gasteiger partial charge on any atom is -0.504 e. The van der Waals surface area contributed by atoms with Crippen molar-refractivity contribution in [2.45, 2.75) is 6.92 Å². The maximum Gasteiger partial charge on any atom is 0.333 e. The molecule has 0 aliphatic heterocycles. The van der Waals surface area contributed by atoms with E-state index in [1.165, 1.54) is 31.2 Å². The predicted molar refractivity (Wildman–Crippen MR) is 75.5 cm³/mol. The van der Waals surface area contributed by atoms with Gasteiger partial charge in [-0.05, 0) is 30.7 Å². The molecule has 1 aromatic carbocycles. The Morgan fingerprint density at radius 3 is 2.48 bits per heavy atom. The second kappa shape index (κ2) is 7.74. The third-order valence-corrected chi connectivity index (χ3v) is 2.32. The van der Waals surface area contributed by atoms with E-state index in [0.717, 1.165) is 6.08 Å². The van der Waals surface area contributed by atoms with Crippen LogP contribution in [0.2, 0.25) is 0 Å². The molecule has 21 heavy (non-hydrogen) atoms. The summed E-state index contributed by atoms with van der Waals surface area (Å²) in [5, 5.41) is 18.4. The summed E-state index contributed by atoms with van der Waals surface area (Å²) < 4.78 is 9.55. The van der Waals surface area contributed by atoms with Crippen LogP contribution in [0.5, 0.6) is 11.5 Å². The molecule has 0 heterocycles. The van der Waals surface area contributed by atoms with Crippen molar-refractivity contribution >= 4 is 18.0 Å². The summed E-state index contributed by atoms with van der Waals surface area (Å²) in [5.41, 5.74) is 0.796. The van der Waals surface area contributed by atoms with Gasteiger partial charge in [-0.15, -0.1) is 0 Å². The molecule has 0 aromatic heterocycles. The molecule has 0 saturated carbocycles. The predicted octanol–water partition coefficient (Wildman–Crippen LogP) is 1.77. The smallest absolute Gasteiger partial charge is 0.333 e.